The predicted octanol–water partition coefficient (Wildman–Crippen LogP) is 4.71. The number of carbonyl (C=O) groups is 1. The number of nitrogens with zero attached hydrogens (tertiary/aromatic N) is 5. The first-order valence-corrected chi connectivity index (χ1v) is 13.5. The summed E-state index contributed by atoms with van der Waals surface area (Å²) in [6.45, 7) is 5.42. The summed E-state index contributed by atoms with van der Waals surface area (Å²) >= 11 is 1.22. The molecular weight excluding hydrogens is 538 g/mol. The fourth-order valence-corrected chi connectivity index (χ4v) is 5.18. The van der Waals surface area contributed by atoms with Crippen LogP contribution in [0.15, 0.2) is 103 Å². The average molecular weight is 562 g/mol. The van der Waals surface area contributed by atoms with Crippen LogP contribution in [-0.2, 0) is 4.79 Å². The van der Waals surface area contributed by atoms with Crippen molar-refractivity contribution in [2.45, 2.75) is 6.92 Å². The fourth-order valence-electron chi connectivity index (χ4n) is 4.28. The summed E-state index contributed by atoms with van der Waals surface area (Å²) in [6, 6.07) is 24.3. The first-order valence-electron chi connectivity index (χ1n) is 12.7. The van der Waals surface area contributed by atoms with Crippen molar-refractivity contribution >= 4 is 28.3 Å². The largest absolute Gasteiger partial charge is 0.490 e. The minimum absolute atomic E-state index is 0.299. The van der Waals surface area contributed by atoms with Gasteiger partial charge in [0.25, 0.3) is 5.56 Å². The zero-order chi connectivity index (χ0) is 28.3. The molecular formula is C31H23N5O4S. The molecule has 0 aliphatic rings. The number of hydrogen-bond acceptors (Lipinski definition) is 8. The van der Waals surface area contributed by atoms with Gasteiger partial charge < -0.3 is 9.47 Å². The number of ether oxygens (including phenoxy) is 2. The lowest BCUT2D eigenvalue weighted by Gasteiger charge is -2.05. The molecule has 0 N–H and O–H groups in total. The van der Waals surface area contributed by atoms with Crippen molar-refractivity contribution in [2.75, 3.05) is 6.61 Å². The topological polar surface area (TPSA) is 101 Å². The number of rotatable bonds is 8. The van der Waals surface area contributed by atoms with Gasteiger partial charge in [-0.1, -0.05) is 54.3 Å². The van der Waals surface area contributed by atoms with Gasteiger partial charge in [-0.15, -0.1) is 5.10 Å². The van der Waals surface area contributed by atoms with Crippen LogP contribution in [0.25, 0.3) is 39.4 Å². The first-order chi connectivity index (χ1) is 20.0. The molecule has 0 saturated heterocycles. The summed E-state index contributed by atoms with van der Waals surface area (Å²) in [6.07, 6.45) is 5.39. The Labute approximate surface area is 238 Å². The predicted molar refractivity (Wildman–Crippen MR) is 157 cm³/mol. The number of thiazole rings is 1. The minimum atomic E-state index is -0.453. The first kappa shape index (κ1) is 25.9. The van der Waals surface area contributed by atoms with Gasteiger partial charge in [-0.05, 0) is 54.6 Å². The Morgan fingerprint density at radius 1 is 1.00 bits per heavy atom. The lowest BCUT2D eigenvalue weighted by Crippen LogP contribution is -2.23. The molecule has 6 rings (SSSR count). The third-order valence-electron chi connectivity index (χ3n) is 6.11. The van der Waals surface area contributed by atoms with E-state index in [1.165, 1.54) is 22.8 Å². The third-order valence-corrected chi connectivity index (χ3v) is 7.07. The highest BCUT2D eigenvalue weighted by molar-refractivity contribution is 7.15. The second-order valence-corrected chi connectivity index (χ2v) is 9.98. The third kappa shape index (κ3) is 5.28. The maximum atomic E-state index is 13.4. The van der Waals surface area contributed by atoms with Gasteiger partial charge in [0.1, 0.15) is 23.8 Å². The maximum absolute atomic E-state index is 13.4. The molecule has 3 heterocycles. The zero-order valence-corrected chi connectivity index (χ0v) is 22.7. The summed E-state index contributed by atoms with van der Waals surface area (Å²) in [4.78, 5) is 29.9. The monoisotopic (exact) mass is 561 g/mol. The van der Waals surface area contributed by atoms with E-state index in [9.17, 15) is 9.59 Å². The molecule has 0 aliphatic heterocycles. The van der Waals surface area contributed by atoms with Crippen LogP contribution in [0.3, 0.4) is 0 Å². The second-order valence-electron chi connectivity index (χ2n) is 8.97. The summed E-state index contributed by atoms with van der Waals surface area (Å²) in [5.74, 6) is 0.898. The Balaban J connectivity index is 1.43. The van der Waals surface area contributed by atoms with Crippen molar-refractivity contribution in [1.29, 1.82) is 0 Å². The van der Waals surface area contributed by atoms with E-state index in [-0.39, 0.29) is 5.56 Å². The number of carbonyl (C=O) groups excluding carboxylic acids is 1. The van der Waals surface area contributed by atoms with Crippen LogP contribution < -0.4 is 19.6 Å². The number of aromatic nitrogens is 5. The van der Waals surface area contributed by atoms with Crippen molar-refractivity contribution in [2.24, 2.45) is 0 Å². The normalized spacial score (nSPS) is 11.6. The maximum Gasteiger partial charge on any atom is 0.308 e. The van der Waals surface area contributed by atoms with Gasteiger partial charge in [0.2, 0.25) is 4.96 Å². The Bertz CT molecular complexity index is 1990. The molecule has 3 aromatic heterocycles. The van der Waals surface area contributed by atoms with E-state index < -0.39 is 5.97 Å². The van der Waals surface area contributed by atoms with Gasteiger partial charge in [0.15, 0.2) is 5.82 Å². The lowest BCUT2D eigenvalue weighted by atomic mass is 10.1. The Morgan fingerprint density at radius 3 is 2.49 bits per heavy atom. The second kappa shape index (κ2) is 11.0. The molecule has 0 unspecified atom stereocenters. The van der Waals surface area contributed by atoms with E-state index in [1.54, 1.807) is 41.1 Å². The number of fused-ring (bicyclic) bond motifs is 1. The van der Waals surface area contributed by atoms with Crippen LogP contribution in [0.4, 0.5) is 0 Å². The molecule has 41 heavy (non-hydrogen) atoms. The van der Waals surface area contributed by atoms with Crippen molar-refractivity contribution in [1.82, 2.24) is 24.4 Å². The smallest absolute Gasteiger partial charge is 0.308 e. The van der Waals surface area contributed by atoms with Crippen LogP contribution in [0.5, 0.6) is 11.5 Å². The summed E-state index contributed by atoms with van der Waals surface area (Å²) in [5, 5.41) is 9.28. The standard InChI is InChI=1S/C31H23N5O4S/c1-3-17-39-24-15-13-21(14-16-24)28-22(19-35(33-28)23-9-5-4-6-10-23)18-27-30(38)36-31(41-27)32-29(34-36)25-11-7-8-12-26(25)40-20(2)37/h3-16,18-19H,1,17H2,2H3/b27-18-. The van der Waals surface area contributed by atoms with Crippen LogP contribution in [0.2, 0.25) is 0 Å². The number of para-hydroxylation sites is 2. The summed E-state index contributed by atoms with van der Waals surface area (Å²) in [5.41, 5.74) is 3.44. The van der Waals surface area contributed by atoms with Gasteiger partial charge in [-0.3, -0.25) is 9.59 Å². The van der Waals surface area contributed by atoms with Crippen LogP contribution >= 0.6 is 11.3 Å². The number of esters is 1. The van der Waals surface area contributed by atoms with Gasteiger partial charge in [-0.25, -0.2) is 4.68 Å². The molecule has 0 atom stereocenters. The highest BCUT2D eigenvalue weighted by Gasteiger charge is 2.17. The highest BCUT2D eigenvalue weighted by Crippen LogP contribution is 2.29. The molecule has 0 radical (unpaired) electrons. The van der Waals surface area contributed by atoms with Crippen LogP contribution in [-0.4, -0.2) is 37.0 Å². The van der Waals surface area contributed by atoms with Crippen molar-refractivity contribution in [3.05, 3.63) is 118 Å². The minimum Gasteiger partial charge on any atom is -0.490 e. The van der Waals surface area contributed by atoms with E-state index in [0.29, 0.717) is 38.9 Å². The van der Waals surface area contributed by atoms with E-state index in [4.69, 9.17) is 14.6 Å². The van der Waals surface area contributed by atoms with Gasteiger partial charge in [0.05, 0.1) is 15.8 Å². The molecule has 0 aliphatic carbocycles. The van der Waals surface area contributed by atoms with Gasteiger partial charge >= 0.3 is 5.97 Å². The molecule has 0 fully saturated rings. The van der Waals surface area contributed by atoms with Crippen molar-refractivity contribution in [3.63, 3.8) is 0 Å². The van der Waals surface area contributed by atoms with Gasteiger partial charge in [-0.2, -0.15) is 14.6 Å². The summed E-state index contributed by atoms with van der Waals surface area (Å²) in [7, 11) is 0. The molecule has 202 valence electrons. The Hall–Kier alpha value is -5.35. The van der Waals surface area contributed by atoms with E-state index in [1.807, 2.05) is 60.8 Å². The Morgan fingerprint density at radius 2 is 1.76 bits per heavy atom. The number of benzene rings is 3. The SMILES string of the molecule is C=CCOc1ccc(-c2nn(-c3ccccc3)cc2/C=c2\sc3nc(-c4ccccc4OC(C)=O)nn3c2=O)cc1. The number of hydrogen-bond donors (Lipinski definition) is 0. The lowest BCUT2D eigenvalue weighted by molar-refractivity contribution is -0.131. The Kier molecular flexibility index (Phi) is 6.97. The molecule has 0 spiro atoms. The van der Waals surface area contributed by atoms with Crippen LogP contribution in [0.1, 0.15) is 12.5 Å². The van der Waals surface area contributed by atoms with E-state index in [0.717, 1.165) is 22.6 Å². The van der Waals surface area contributed by atoms with Gasteiger partial charge in [0, 0.05) is 24.2 Å². The fraction of sp³-hybridized carbons (Fsp3) is 0.0645. The average Bonchev–Trinajstić information content (AvgIpc) is 3.68. The zero-order valence-electron chi connectivity index (χ0n) is 21.9. The molecule has 0 amide bonds. The molecule has 9 nitrogen and oxygen atoms in total. The molecule has 6 aromatic rings. The summed E-state index contributed by atoms with van der Waals surface area (Å²) < 4.78 is 14.4. The van der Waals surface area contributed by atoms with Crippen molar-refractivity contribution < 1.29 is 14.3 Å². The highest BCUT2D eigenvalue weighted by atomic mass is 32.1. The van der Waals surface area contributed by atoms with E-state index in [2.05, 4.69) is 16.7 Å². The van der Waals surface area contributed by atoms with Crippen LogP contribution in [0, 0.1) is 0 Å². The van der Waals surface area contributed by atoms with E-state index >= 15 is 0 Å². The quantitative estimate of drug-likeness (QED) is 0.151. The molecule has 0 bridgehead atoms. The molecule has 3 aromatic carbocycles. The molecule has 0 saturated carbocycles. The molecule has 10 heteroatoms. The van der Waals surface area contributed by atoms with Crippen molar-refractivity contribution in [3.8, 4) is 39.8 Å².